The Morgan fingerprint density at radius 1 is 1.24 bits per heavy atom. The number of carbonyl (C=O) groups is 1. The van der Waals surface area contributed by atoms with E-state index in [0.717, 1.165) is 11.3 Å². The smallest absolute Gasteiger partial charge is 0.266 e. The first-order valence-electron chi connectivity index (χ1n) is 8.96. The second-order valence-corrected chi connectivity index (χ2v) is 7.26. The predicted octanol–water partition coefficient (Wildman–Crippen LogP) is 1.44. The maximum absolute atomic E-state index is 12.6. The van der Waals surface area contributed by atoms with Gasteiger partial charge in [0.05, 0.1) is 5.69 Å². The molecule has 3 aromatic heterocycles. The molecule has 0 fully saturated rings. The molecule has 0 bridgehead atoms. The van der Waals surface area contributed by atoms with Crippen LogP contribution in [0.25, 0.3) is 16.7 Å². The molecule has 148 valence electrons. The van der Waals surface area contributed by atoms with Crippen molar-refractivity contribution in [3.63, 3.8) is 0 Å². The first kappa shape index (κ1) is 19.1. The summed E-state index contributed by atoms with van der Waals surface area (Å²) in [7, 11) is 1.71. The van der Waals surface area contributed by atoms with E-state index in [0.29, 0.717) is 28.6 Å². The Hall–Kier alpha value is -3.27. The quantitative estimate of drug-likeness (QED) is 0.474. The van der Waals surface area contributed by atoms with E-state index in [1.165, 1.54) is 15.6 Å². The van der Waals surface area contributed by atoms with Gasteiger partial charge >= 0.3 is 0 Å². The summed E-state index contributed by atoms with van der Waals surface area (Å²) >= 11 is 3.26. The van der Waals surface area contributed by atoms with E-state index in [1.54, 1.807) is 17.9 Å². The molecule has 0 atom stereocenters. The van der Waals surface area contributed by atoms with Crippen molar-refractivity contribution in [2.75, 3.05) is 6.54 Å². The third-order valence-electron chi connectivity index (χ3n) is 4.52. The zero-order valence-electron chi connectivity index (χ0n) is 15.6. The molecule has 10 heteroatoms. The van der Waals surface area contributed by atoms with Crippen molar-refractivity contribution in [3.8, 4) is 5.69 Å². The first-order valence-corrected chi connectivity index (χ1v) is 9.75. The Balaban J connectivity index is 1.35. The van der Waals surface area contributed by atoms with Gasteiger partial charge in [0, 0.05) is 26.0 Å². The normalized spacial score (nSPS) is 11.1. The van der Waals surface area contributed by atoms with Crippen LogP contribution in [0.3, 0.4) is 0 Å². The third-order valence-corrected chi connectivity index (χ3v) is 5.08. The molecule has 0 radical (unpaired) electrons. The molecule has 0 aliphatic carbocycles. The van der Waals surface area contributed by atoms with Gasteiger partial charge in [0.25, 0.3) is 5.56 Å². The monoisotopic (exact) mass is 455 g/mol. The van der Waals surface area contributed by atoms with E-state index in [9.17, 15) is 9.59 Å². The summed E-state index contributed by atoms with van der Waals surface area (Å²) < 4.78 is 5.00. The Morgan fingerprint density at radius 2 is 2.03 bits per heavy atom. The Kier molecular flexibility index (Phi) is 5.26. The molecule has 0 saturated carbocycles. The highest BCUT2D eigenvalue weighted by Crippen LogP contribution is 2.16. The van der Waals surface area contributed by atoms with Gasteiger partial charge in [-0.3, -0.25) is 14.2 Å². The Bertz CT molecular complexity index is 1210. The lowest BCUT2D eigenvalue weighted by atomic mass is 10.1. The molecule has 4 aromatic rings. The van der Waals surface area contributed by atoms with Gasteiger partial charge in [0.1, 0.15) is 22.9 Å². The van der Waals surface area contributed by atoms with Crippen LogP contribution < -0.4 is 10.9 Å². The van der Waals surface area contributed by atoms with Crippen LogP contribution in [0.5, 0.6) is 0 Å². The van der Waals surface area contributed by atoms with Crippen LogP contribution in [0.4, 0.5) is 0 Å². The number of fused-ring (bicyclic) bond motifs is 1. The number of rotatable bonds is 6. The van der Waals surface area contributed by atoms with Crippen molar-refractivity contribution in [2.24, 2.45) is 7.05 Å². The summed E-state index contributed by atoms with van der Waals surface area (Å²) in [6, 6.07) is 9.85. The lowest BCUT2D eigenvalue weighted by molar-refractivity contribution is -0.121. The van der Waals surface area contributed by atoms with Crippen molar-refractivity contribution >= 4 is 32.9 Å². The zero-order chi connectivity index (χ0) is 20.4. The van der Waals surface area contributed by atoms with Crippen LogP contribution in [0.2, 0.25) is 0 Å². The van der Waals surface area contributed by atoms with E-state index < -0.39 is 0 Å². The molecule has 0 aliphatic rings. The van der Waals surface area contributed by atoms with E-state index in [2.05, 4.69) is 36.4 Å². The van der Waals surface area contributed by atoms with Gasteiger partial charge in [-0.2, -0.15) is 10.2 Å². The average Bonchev–Trinajstić information content (AvgIpc) is 3.33. The molecule has 4 rings (SSSR count). The van der Waals surface area contributed by atoms with Crippen molar-refractivity contribution < 1.29 is 4.79 Å². The minimum absolute atomic E-state index is 0.0959. The molecule has 1 N–H and O–H groups in total. The lowest BCUT2D eigenvalue weighted by Crippen LogP contribution is -2.33. The summed E-state index contributed by atoms with van der Waals surface area (Å²) in [5, 5.41) is 11.5. The molecule has 1 aromatic carbocycles. The molecule has 0 aliphatic heterocycles. The standard InChI is InChI=1S/C19H18BrN7O2/c1-25-18-16(17(20)24-25)19(29)26(12-22-18)11-15(28)21-9-7-13-3-5-14(6-4-13)27-10-2-8-23-27/h2-6,8,10,12H,7,9,11H2,1H3,(H,21,28). The highest BCUT2D eigenvalue weighted by molar-refractivity contribution is 9.10. The Morgan fingerprint density at radius 3 is 2.76 bits per heavy atom. The SMILES string of the molecule is Cn1nc(Br)c2c(=O)n(CC(=O)NCCc3ccc(-n4cccn4)cc3)cnc21. The van der Waals surface area contributed by atoms with Crippen molar-refractivity contribution in [3.05, 3.63) is 69.6 Å². The fourth-order valence-electron chi connectivity index (χ4n) is 3.04. The zero-order valence-corrected chi connectivity index (χ0v) is 17.2. The number of nitrogens with zero attached hydrogens (tertiary/aromatic N) is 6. The second kappa shape index (κ2) is 8.00. The number of halogens is 1. The van der Waals surface area contributed by atoms with Crippen molar-refractivity contribution in [1.29, 1.82) is 0 Å². The highest BCUT2D eigenvalue weighted by Gasteiger charge is 2.14. The van der Waals surface area contributed by atoms with Crippen LogP contribution >= 0.6 is 15.9 Å². The van der Waals surface area contributed by atoms with Gasteiger partial charge in [-0.05, 0) is 46.1 Å². The minimum atomic E-state index is -0.306. The van der Waals surface area contributed by atoms with Crippen molar-refractivity contribution in [2.45, 2.75) is 13.0 Å². The van der Waals surface area contributed by atoms with E-state index in [4.69, 9.17) is 0 Å². The average molecular weight is 456 g/mol. The molecule has 3 heterocycles. The molecule has 0 unspecified atom stereocenters. The van der Waals surface area contributed by atoms with Gasteiger partial charge in [-0.1, -0.05) is 12.1 Å². The number of hydrogen-bond acceptors (Lipinski definition) is 5. The van der Waals surface area contributed by atoms with Gasteiger partial charge in [0.15, 0.2) is 5.65 Å². The number of amides is 1. The van der Waals surface area contributed by atoms with Gasteiger partial charge < -0.3 is 5.32 Å². The highest BCUT2D eigenvalue weighted by atomic mass is 79.9. The summed E-state index contributed by atoms with van der Waals surface area (Å²) in [6.45, 7) is 0.377. The topological polar surface area (TPSA) is 99.6 Å². The van der Waals surface area contributed by atoms with Crippen LogP contribution in [0.1, 0.15) is 5.56 Å². The summed E-state index contributed by atoms with van der Waals surface area (Å²) in [5.74, 6) is -0.249. The molecular formula is C19H18BrN7O2. The first-order chi connectivity index (χ1) is 14.0. The van der Waals surface area contributed by atoms with Crippen LogP contribution in [0, 0.1) is 0 Å². The Labute approximate surface area is 174 Å². The van der Waals surface area contributed by atoms with E-state index >= 15 is 0 Å². The molecule has 29 heavy (non-hydrogen) atoms. The van der Waals surface area contributed by atoms with E-state index in [-0.39, 0.29) is 18.0 Å². The lowest BCUT2D eigenvalue weighted by Gasteiger charge is -2.08. The second-order valence-electron chi connectivity index (χ2n) is 6.51. The van der Waals surface area contributed by atoms with Crippen molar-refractivity contribution in [1.82, 2.24) is 34.4 Å². The maximum Gasteiger partial charge on any atom is 0.266 e. The fourth-order valence-corrected chi connectivity index (χ4v) is 3.63. The predicted molar refractivity (Wildman–Crippen MR) is 111 cm³/mol. The molecule has 0 spiro atoms. The number of carbonyl (C=O) groups excluding carboxylic acids is 1. The van der Waals surface area contributed by atoms with Crippen LogP contribution in [-0.2, 0) is 24.8 Å². The molecule has 0 saturated heterocycles. The summed E-state index contributed by atoms with van der Waals surface area (Å²) in [4.78, 5) is 29.0. The molecule has 9 nitrogen and oxygen atoms in total. The number of hydrogen-bond donors (Lipinski definition) is 1. The van der Waals surface area contributed by atoms with Crippen LogP contribution in [0.15, 0.2) is 58.5 Å². The van der Waals surface area contributed by atoms with Gasteiger partial charge in [-0.25, -0.2) is 14.3 Å². The van der Waals surface area contributed by atoms with E-state index in [1.807, 2.05) is 36.5 Å². The maximum atomic E-state index is 12.6. The van der Waals surface area contributed by atoms with Gasteiger partial charge in [-0.15, -0.1) is 0 Å². The minimum Gasteiger partial charge on any atom is -0.354 e. The van der Waals surface area contributed by atoms with Gasteiger partial charge in [0.2, 0.25) is 5.91 Å². The van der Waals surface area contributed by atoms with Crippen LogP contribution in [-0.4, -0.2) is 41.6 Å². The molecular weight excluding hydrogens is 438 g/mol. The fraction of sp³-hybridized carbons (Fsp3) is 0.211. The third kappa shape index (κ3) is 3.97. The summed E-state index contributed by atoms with van der Waals surface area (Å²) in [6.07, 6.45) is 5.67. The molecule has 1 amide bonds. The largest absolute Gasteiger partial charge is 0.354 e. The summed E-state index contributed by atoms with van der Waals surface area (Å²) in [5.41, 5.74) is 2.24. The number of nitrogens with one attached hydrogen (secondary N) is 1. The number of benzene rings is 1. The number of aromatic nitrogens is 6. The number of aryl methyl sites for hydroxylation is 1.